The molecule has 1 heterocycles. The predicted molar refractivity (Wildman–Crippen MR) is 95.0 cm³/mol. The standard InChI is InChI=1S/C17H28N2O3Si/c1-17(2,3)11-16(22-23(4)5)18-9-8-13-6-7-15(19(20)21)10-14(13)12-18/h6-7,10,16,23H,8-9,11-12H2,1-5H3. The van der Waals surface area contributed by atoms with E-state index in [0.29, 0.717) is 0 Å². The molecule has 0 fully saturated rings. The molecule has 1 unspecified atom stereocenters. The van der Waals surface area contributed by atoms with Crippen LogP contribution in [-0.4, -0.2) is 31.6 Å². The molecule has 0 aliphatic carbocycles. The lowest BCUT2D eigenvalue weighted by Gasteiger charge is -2.39. The third kappa shape index (κ3) is 5.12. The summed E-state index contributed by atoms with van der Waals surface area (Å²) in [4.78, 5) is 13.0. The molecule has 0 radical (unpaired) electrons. The van der Waals surface area contributed by atoms with Crippen LogP contribution in [0.4, 0.5) is 5.69 Å². The summed E-state index contributed by atoms with van der Waals surface area (Å²) in [5, 5.41) is 11.0. The van der Waals surface area contributed by atoms with E-state index in [9.17, 15) is 10.1 Å². The molecule has 23 heavy (non-hydrogen) atoms. The van der Waals surface area contributed by atoms with Crippen molar-refractivity contribution in [2.75, 3.05) is 6.54 Å². The van der Waals surface area contributed by atoms with E-state index in [1.807, 2.05) is 6.07 Å². The highest BCUT2D eigenvalue weighted by atomic mass is 28.3. The normalized spacial score (nSPS) is 17.1. The van der Waals surface area contributed by atoms with Crippen molar-refractivity contribution in [3.63, 3.8) is 0 Å². The van der Waals surface area contributed by atoms with Crippen molar-refractivity contribution in [1.82, 2.24) is 4.90 Å². The molecule has 128 valence electrons. The second-order valence-electron chi connectivity index (χ2n) is 7.83. The van der Waals surface area contributed by atoms with E-state index in [0.717, 1.165) is 31.5 Å². The molecule has 1 aliphatic heterocycles. The Morgan fingerprint density at radius 1 is 1.35 bits per heavy atom. The second-order valence-corrected chi connectivity index (χ2v) is 10.2. The zero-order valence-corrected chi connectivity index (χ0v) is 16.0. The monoisotopic (exact) mass is 336 g/mol. The molecule has 6 heteroatoms. The minimum Gasteiger partial charge on any atom is -0.405 e. The SMILES string of the molecule is C[SiH](C)OC(CC(C)(C)C)N1CCc2ccc([N+](=O)[O-])cc2C1. The van der Waals surface area contributed by atoms with Gasteiger partial charge in [-0.3, -0.25) is 15.0 Å². The van der Waals surface area contributed by atoms with Crippen molar-refractivity contribution in [2.24, 2.45) is 5.41 Å². The first-order valence-electron chi connectivity index (χ1n) is 8.31. The van der Waals surface area contributed by atoms with Crippen molar-refractivity contribution in [2.45, 2.75) is 59.5 Å². The summed E-state index contributed by atoms with van der Waals surface area (Å²) in [7, 11) is -1.15. The second kappa shape index (κ2) is 7.11. The van der Waals surface area contributed by atoms with Crippen molar-refractivity contribution in [3.05, 3.63) is 39.4 Å². The largest absolute Gasteiger partial charge is 0.405 e. The summed E-state index contributed by atoms with van der Waals surface area (Å²) >= 11 is 0. The Balaban J connectivity index is 2.19. The van der Waals surface area contributed by atoms with E-state index in [1.165, 1.54) is 5.56 Å². The van der Waals surface area contributed by atoms with Crippen molar-refractivity contribution < 1.29 is 9.35 Å². The summed E-state index contributed by atoms with van der Waals surface area (Å²) in [6, 6.07) is 5.24. The zero-order chi connectivity index (χ0) is 17.2. The molecule has 0 aromatic heterocycles. The number of fused-ring (bicyclic) bond motifs is 1. The Hall–Kier alpha value is -1.24. The Labute approximate surface area is 140 Å². The molecule has 1 atom stereocenters. The average molecular weight is 337 g/mol. The lowest BCUT2D eigenvalue weighted by atomic mass is 9.90. The number of hydrogen-bond acceptors (Lipinski definition) is 4. The van der Waals surface area contributed by atoms with Gasteiger partial charge in [0, 0.05) is 25.2 Å². The first-order valence-corrected chi connectivity index (χ1v) is 11.1. The maximum Gasteiger partial charge on any atom is 0.269 e. The van der Waals surface area contributed by atoms with Gasteiger partial charge in [0.25, 0.3) is 5.69 Å². The Bertz CT molecular complexity index is 569. The van der Waals surface area contributed by atoms with Gasteiger partial charge in [-0.15, -0.1) is 0 Å². The highest BCUT2D eigenvalue weighted by Gasteiger charge is 2.29. The third-order valence-electron chi connectivity index (χ3n) is 4.07. The van der Waals surface area contributed by atoms with Crippen LogP contribution in [0.25, 0.3) is 0 Å². The van der Waals surface area contributed by atoms with Gasteiger partial charge in [0.15, 0.2) is 9.04 Å². The van der Waals surface area contributed by atoms with Crippen molar-refractivity contribution >= 4 is 14.7 Å². The Morgan fingerprint density at radius 2 is 2.04 bits per heavy atom. The Morgan fingerprint density at radius 3 is 2.61 bits per heavy atom. The molecule has 0 spiro atoms. The number of benzene rings is 1. The van der Waals surface area contributed by atoms with Crippen LogP contribution in [-0.2, 0) is 17.4 Å². The molecule has 2 rings (SSSR count). The van der Waals surface area contributed by atoms with Gasteiger partial charge < -0.3 is 4.43 Å². The Kier molecular flexibility index (Phi) is 5.60. The summed E-state index contributed by atoms with van der Waals surface area (Å²) in [5.41, 5.74) is 2.66. The van der Waals surface area contributed by atoms with E-state index >= 15 is 0 Å². The fraction of sp³-hybridized carbons (Fsp3) is 0.647. The van der Waals surface area contributed by atoms with Crippen LogP contribution in [0.5, 0.6) is 0 Å². The lowest BCUT2D eigenvalue weighted by molar-refractivity contribution is -0.385. The molecule has 1 aromatic carbocycles. The molecule has 5 nitrogen and oxygen atoms in total. The number of nitro benzene ring substituents is 1. The maximum atomic E-state index is 11.0. The van der Waals surface area contributed by atoms with E-state index in [2.05, 4.69) is 38.8 Å². The van der Waals surface area contributed by atoms with Crippen LogP contribution >= 0.6 is 0 Å². The van der Waals surface area contributed by atoms with E-state index in [-0.39, 0.29) is 22.3 Å². The van der Waals surface area contributed by atoms with Gasteiger partial charge in [-0.25, -0.2) is 0 Å². The molecular weight excluding hydrogens is 308 g/mol. The van der Waals surface area contributed by atoms with Crippen molar-refractivity contribution in [3.8, 4) is 0 Å². The molecule has 0 N–H and O–H groups in total. The number of nitro groups is 1. The number of nitrogens with zero attached hydrogens (tertiary/aromatic N) is 2. The van der Waals surface area contributed by atoms with Gasteiger partial charge in [-0.1, -0.05) is 26.8 Å². The summed E-state index contributed by atoms with van der Waals surface area (Å²) in [6.45, 7) is 12.8. The topological polar surface area (TPSA) is 55.6 Å². The highest BCUT2D eigenvalue weighted by Crippen LogP contribution is 2.30. The van der Waals surface area contributed by atoms with Crippen LogP contribution in [0.2, 0.25) is 13.1 Å². The van der Waals surface area contributed by atoms with Gasteiger partial charge in [0.05, 0.1) is 11.2 Å². The molecule has 0 bridgehead atoms. The van der Waals surface area contributed by atoms with Crippen LogP contribution < -0.4 is 0 Å². The van der Waals surface area contributed by atoms with Crippen LogP contribution in [0.1, 0.15) is 38.3 Å². The molecule has 1 aliphatic rings. The predicted octanol–water partition coefficient (Wildman–Crippen LogP) is 3.72. The van der Waals surface area contributed by atoms with Gasteiger partial charge in [-0.2, -0.15) is 0 Å². The van der Waals surface area contributed by atoms with Crippen LogP contribution in [0.15, 0.2) is 18.2 Å². The molecule has 0 saturated heterocycles. The first kappa shape index (κ1) is 18.1. The molecule has 0 amide bonds. The smallest absolute Gasteiger partial charge is 0.269 e. The molecule has 1 aromatic rings. The molecular formula is C17H28N2O3Si. The zero-order valence-electron chi connectivity index (χ0n) is 14.8. The third-order valence-corrected chi connectivity index (χ3v) is 4.92. The van der Waals surface area contributed by atoms with Crippen LogP contribution in [0, 0.1) is 15.5 Å². The average Bonchev–Trinajstić information content (AvgIpc) is 2.43. The quantitative estimate of drug-likeness (QED) is 0.467. The van der Waals surface area contributed by atoms with E-state index in [1.54, 1.807) is 12.1 Å². The van der Waals surface area contributed by atoms with Crippen molar-refractivity contribution in [1.29, 1.82) is 0 Å². The number of rotatable bonds is 5. The minimum atomic E-state index is -1.15. The summed E-state index contributed by atoms with van der Waals surface area (Å²) < 4.78 is 6.29. The van der Waals surface area contributed by atoms with E-state index < -0.39 is 9.04 Å². The first-order chi connectivity index (χ1) is 10.7. The fourth-order valence-electron chi connectivity index (χ4n) is 3.03. The van der Waals surface area contributed by atoms with Crippen LogP contribution in [0.3, 0.4) is 0 Å². The van der Waals surface area contributed by atoms with Gasteiger partial charge in [0.2, 0.25) is 0 Å². The van der Waals surface area contributed by atoms with Gasteiger partial charge >= 0.3 is 0 Å². The lowest BCUT2D eigenvalue weighted by Crippen LogP contribution is -2.44. The fourth-order valence-corrected chi connectivity index (χ4v) is 3.92. The maximum absolute atomic E-state index is 11.0. The highest BCUT2D eigenvalue weighted by molar-refractivity contribution is 6.48. The minimum absolute atomic E-state index is 0.106. The van der Waals surface area contributed by atoms with Gasteiger partial charge in [-0.05, 0) is 42.5 Å². The summed E-state index contributed by atoms with van der Waals surface area (Å²) in [6.07, 6.45) is 2.01. The van der Waals surface area contributed by atoms with E-state index in [4.69, 9.17) is 4.43 Å². The number of hydrogen-bond donors (Lipinski definition) is 0. The summed E-state index contributed by atoms with van der Waals surface area (Å²) in [5.74, 6) is 0. The molecule has 0 saturated carbocycles. The van der Waals surface area contributed by atoms with Gasteiger partial charge in [0.1, 0.15) is 0 Å². The number of non-ortho nitro benzene ring substituents is 1.